The number of halogens is 1. The molecule has 0 heterocycles. The number of methoxy groups -OCH3 is 1. The number of nitrogens with one attached hydrogen (secondary N) is 1. The standard InChI is InChI=1S/C13H18BrNO3/c1-17-9-10-18-8-4-7-15-13(16)11-5-2-3-6-12(11)14/h2-3,5-6H,4,7-10H2,1H3,(H,15,16). The first-order valence-electron chi connectivity index (χ1n) is 5.85. The Morgan fingerprint density at radius 1 is 1.28 bits per heavy atom. The van der Waals surface area contributed by atoms with Crippen LogP contribution in [0.1, 0.15) is 16.8 Å². The molecule has 4 nitrogen and oxygen atoms in total. The zero-order chi connectivity index (χ0) is 13.2. The van der Waals surface area contributed by atoms with Gasteiger partial charge in [-0.15, -0.1) is 0 Å². The van der Waals surface area contributed by atoms with Gasteiger partial charge in [0.25, 0.3) is 5.91 Å². The van der Waals surface area contributed by atoms with Crippen molar-refractivity contribution >= 4 is 21.8 Å². The van der Waals surface area contributed by atoms with Crippen LogP contribution in [0.15, 0.2) is 28.7 Å². The molecule has 100 valence electrons. The first-order chi connectivity index (χ1) is 8.75. The molecule has 0 radical (unpaired) electrons. The fourth-order valence-corrected chi connectivity index (χ4v) is 1.83. The highest BCUT2D eigenvalue weighted by molar-refractivity contribution is 9.10. The van der Waals surface area contributed by atoms with Crippen LogP contribution in [-0.4, -0.2) is 39.4 Å². The summed E-state index contributed by atoms with van der Waals surface area (Å²) in [6, 6.07) is 7.36. The van der Waals surface area contributed by atoms with E-state index in [4.69, 9.17) is 9.47 Å². The van der Waals surface area contributed by atoms with Crippen molar-refractivity contribution in [3.05, 3.63) is 34.3 Å². The van der Waals surface area contributed by atoms with Crippen LogP contribution in [0.5, 0.6) is 0 Å². The van der Waals surface area contributed by atoms with Gasteiger partial charge in [-0.3, -0.25) is 4.79 Å². The molecule has 0 spiro atoms. The maximum Gasteiger partial charge on any atom is 0.252 e. The molecular formula is C13H18BrNO3. The van der Waals surface area contributed by atoms with Crippen LogP contribution in [0.4, 0.5) is 0 Å². The molecule has 0 aromatic heterocycles. The van der Waals surface area contributed by atoms with Crippen LogP contribution in [0.3, 0.4) is 0 Å². The Kier molecular flexibility index (Phi) is 7.64. The molecule has 0 saturated heterocycles. The van der Waals surface area contributed by atoms with Crippen molar-refractivity contribution in [2.75, 3.05) is 33.5 Å². The van der Waals surface area contributed by atoms with Gasteiger partial charge < -0.3 is 14.8 Å². The fraction of sp³-hybridized carbons (Fsp3) is 0.462. The lowest BCUT2D eigenvalue weighted by Gasteiger charge is -2.07. The third-order valence-electron chi connectivity index (χ3n) is 2.30. The Bertz CT molecular complexity index is 371. The first-order valence-corrected chi connectivity index (χ1v) is 6.64. The number of ether oxygens (including phenoxy) is 2. The Balaban J connectivity index is 2.16. The van der Waals surface area contributed by atoms with E-state index in [1.165, 1.54) is 0 Å². The van der Waals surface area contributed by atoms with Crippen LogP contribution >= 0.6 is 15.9 Å². The van der Waals surface area contributed by atoms with Gasteiger partial charge in [0.2, 0.25) is 0 Å². The zero-order valence-electron chi connectivity index (χ0n) is 10.4. The van der Waals surface area contributed by atoms with Gasteiger partial charge in [-0.05, 0) is 34.5 Å². The average molecular weight is 316 g/mol. The summed E-state index contributed by atoms with van der Waals surface area (Å²) >= 11 is 3.35. The summed E-state index contributed by atoms with van der Waals surface area (Å²) < 4.78 is 11.0. The largest absolute Gasteiger partial charge is 0.382 e. The van der Waals surface area contributed by atoms with Crippen LogP contribution in [0.2, 0.25) is 0 Å². The average Bonchev–Trinajstić information content (AvgIpc) is 2.38. The molecular weight excluding hydrogens is 298 g/mol. The molecule has 0 saturated carbocycles. The minimum atomic E-state index is -0.0700. The van der Waals surface area contributed by atoms with Crippen molar-refractivity contribution in [1.82, 2.24) is 5.32 Å². The van der Waals surface area contributed by atoms with E-state index in [2.05, 4.69) is 21.2 Å². The van der Waals surface area contributed by atoms with Gasteiger partial charge in [0.15, 0.2) is 0 Å². The lowest BCUT2D eigenvalue weighted by atomic mass is 10.2. The van der Waals surface area contributed by atoms with E-state index in [9.17, 15) is 4.79 Å². The number of carbonyl (C=O) groups excluding carboxylic acids is 1. The predicted molar refractivity (Wildman–Crippen MR) is 73.8 cm³/mol. The predicted octanol–water partition coefficient (Wildman–Crippen LogP) is 2.23. The van der Waals surface area contributed by atoms with Crippen molar-refractivity contribution in [2.45, 2.75) is 6.42 Å². The van der Waals surface area contributed by atoms with E-state index in [-0.39, 0.29) is 5.91 Å². The van der Waals surface area contributed by atoms with Gasteiger partial charge >= 0.3 is 0 Å². The van der Waals surface area contributed by atoms with E-state index in [1.54, 1.807) is 13.2 Å². The molecule has 0 aliphatic heterocycles. The third-order valence-corrected chi connectivity index (χ3v) is 2.99. The number of carbonyl (C=O) groups is 1. The second-order valence-corrected chi connectivity index (χ2v) is 4.55. The number of rotatable bonds is 8. The van der Waals surface area contributed by atoms with Crippen LogP contribution in [0.25, 0.3) is 0 Å². The SMILES string of the molecule is COCCOCCCNC(=O)c1ccccc1Br. The Labute approximate surface area is 116 Å². The molecule has 0 aliphatic rings. The third kappa shape index (κ3) is 5.62. The van der Waals surface area contributed by atoms with Crippen LogP contribution < -0.4 is 5.32 Å². The number of hydrogen-bond acceptors (Lipinski definition) is 3. The normalized spacial score (nSPS) is 10.3. The van der Waals surface area contributed by atoms with Crippen molar-refractivity contribution in [1.29, 1.82) is 0 Å². The van der Waals surface area contributed by atoms with E-state index in [0.717, 1.165) is 10.9 Å². The van der Waals surface area contributed by atoms with Gasteiger partial charge in [0.05, 0.1) is 18.8 Å². The van der Waals surface area contributed by atoms with E-state index in [0.29, 0.717) is 31.9 Å². The summed E-state index contributed by atoms with van der Waals surface area (Å²) in [5.74, 6) is -0.0700. The summed E-state index contributed by atoms with van der Waals surface area (Å²) in [6.07, 6.45) is 0.792. The quantitative estimate of drug-likeness (QED) is 0.748. The highest BCUT2D eigenvalue weighted by Gasteiger charge is 2.07. The number of benzene rings is 1. The molecule has 1 aromatic rings. The summed E-state index contributed by atoms with van der Waals surface area (Å²) in [5, 5.41) is 2.85. The summed E-state index contributed by atoms with van der Waals surface area (Å²) in [4.78, 5) is 11.8. The van der Waals surface area contributed by atoms with Gasteiger partial charge in [0, 0.05) is 24.7 Å². The lowest BCUT2D eigenvalue weighted by molar-refractivity contribution is 0.0688. The zero-order valence-corrected chi connectivity index (χ0v) is 12.0. The minimum absolute atomic E-state index is 0.0700. The highest BCUT2D eigenvalue weighted by Crippen LogP contribution is 2.15. The van der Waals surface area contributed by atoms with Crippen molar-refractivity contribution in [3.63, 3.8) is 0 Å². The molecule has 0 atom stereocenters. The second kappa shape index (κ2) is 9.08. The summed E-state index contributed by atoms with van der Waals surface area (Å²) in [7, 11) is 1.64. The molecule has 0 bridgehead atoms. The van der Waals surface area contributed by atoms with Gasteiger partial charge in [0.1, 0.15) is 0 Å². The molecule has 0 unspecified atom stereocenters. The van der Waals surface area contributed by atoms with Gasteiger partial charge in [-0.25, -0.2) is 0 Å². The highest BCUT2D eigenvalue weighted by atomic mass is 79.9. The van der Waals surface area contributed by atoms with E-state index in [1.807, 2.05) is 18.2 Å². The first kappa shape index (κ1) is 15.1. The van der Waals surface area contributed by atoms with E-state index < -0.39 is 0 Å². The smallest absolute Gasteiger partial charge is 0.252 e. The monoisotopic (exact) mass is 315 g/mol. The fourth-order valence-electron chi connectivity index (χ4n) is 1.36. The summed E-state index contributed by atoms with van der Waals surface area (Å²) in [5.41, 5.74) is 0.651. The number of hydrogen-bond donors (Lipinski definition) is 1. The molecule has 0 fully saturated rings. The summed E-state index contributed by atoms with van der Waals surface area (Å²) in [6.45, 7) is 2.42. The minimum Gasteiger partial charge on any atom is -0.382 e. The topological polar surface area (TPSA) is 47.6 Å². The molecule has 1 N–H and O–H groups in total. The molecule has 18 heavy (non-hydrogen) atoms. The number of amides is 1. The molecule has 1 aromatic carbocycles. The molecule has 0 aliphatic carbocycles. The Morgan fingerprint density at radius 3 is 2.78 bits per heavy atom. The van der Waals surface area contributed by atoms with Gasteiger partial charge in [-0.1, -0.05) is 12.1 Å². The van der Waals surface area contributed by atoms with Crippen molar-refractivity contribution in [2.24, 2.45) is 0 Å². The molecule has 1 rings (SSSR count). The maximum atomic E-state index is 11.8. The molecule has 1 amide bonds. The van der Waals surface area contributed by atoms with Crippen LogP contribution in [0, 0.1) is 0 Å². The van der Waals surface area contributed by atoms with Crippen molar-refractivity contribution in [3.8, 4) is 0 Å². The maximum absolute atomic E-state index is 11.8. The molecule has 5 heteroatoms. The Morgan fingerprint density at radius 2 is 2.06 bits per heavy atom. The van der Waals surface area contributed by atoms with E-state index >= 15 is 0 Å². The Hall–Kier alpha value is -0.910. The van der Waals surface area contributed by atoms with Gasteiger partial charge in [-0.2, -0.15) is 0 Å². The van der Waals surface area contributed by atoms with Crippen molar-refractivity contribution < 1.29 is 14.3 Å². The lowest BCUT2D eigenvalue weighted by Crippen LogP contribution is -2.25. The van der Waals surface area contributed by atoms with Crippen LogP contribution in [-0.2, 0) is 9.47 Å². The second-order valence-electron chi connectivity index (χ2n) is 3.69.